The van der Waals surface area contributed by atoms with Gasteiger partial charge in [0.25, 0.3) is 0 Å². The van der Waals surface area contributed by atoms with Crippen molar-refractivity contribution in [2.45, 2.75) is 6.54 Å². The van der Waals surface area contributed by atoms with Crippen molar-refractivity contribution in [3.05, 3.63) is 59.7 Å². The minimum atomic E-state index is 0.0963. The van der Waals surface area contributed by atoms with E-state index in [1.54, 1.807) is 0 Å². The fourth-order valence-corrected chi connectivity index (χ4v) is 2.51. The number of nitrogen functional groups attached to an aromatic ring is 1. The van der Waals surface area contributed by atoms with E-state index in [1.807, 2.05) is 42.5 Å². The van der Waals surface area contributed by atoms with E-state index in [4.69, 9.17) is 15.9 Å². The van der Waals surface area contributed by atoms with Crippen molar-refractivity contribution in [3.63, 3.8) is 0 Å². The Morgan fingerprint density at radius 2 is 1.85 bits per heavy atom. The maximum Gasteiger partial charge on any atom is 0.124 e. The van der Waals surface area contributed by atoms with Crippen molar-refractivity contribution >= 4 is 11.5 Å². The molecule has 4 heteroatoms. The summed E-state index contributed by atoms with van der Waals surface area (Å²) in [5, 5.41) is 7.71. The van der Waals surface area contributed by atoms with Crippen LogP contribution in [-0.4, -0.2) is 19.0 Å². The van der Waals surface area contributed by atoms with Gasteiger partial charge in [0.1, 0.15) is 18.2 Å². The summed E-state index contributed by atoms with van der Waals surface area (Å²) in [7, 11) is 0. The predicted octanol–water partition coefficient (Wildman–Crippen LogP) is 2.37. The first kappa shape index (κ1) is 12.5. The smallest absolute Gasteiger partial charge is 0.124 e. The molecule has 1 aliphatic rings. The predicted molar refractivity (Wildman–Crippen MR) is 80.4 cm³/mol. The maximum absolute atomic E-state index is 7.71. The number of para-hydroxylation sites is 2. The molecule has 20 heavy (non-hydrogen) atoms. The van der Waals surface area contributed by atoms with E-state index in [-0.39, 0.29) is 5.84 Å². The molecule has 0 aliphatic carbocycles. The average Bonchev–Trinajstić information content (AvgIpc) is 2.69. The standard InChI is InChI=1S/C16H17N3O/c17-16(18)13-6-2-3-7-14(13)19-9-10-20-15-8-4-1-5-12(15)11-19/h1-8H,9-11H2,(H3,17,18). The van der Waals surface area contributed by atoms with Gasteiger partial charge < -0.3 is 15.4 Å². The second-order valence-corrected chi connectivity index (χ2v) is 4.81. The largest absolute Gasteiger partial charge is 0.491 e. The third kappa shape index (κ3) is 2.32. The topological polar surface area (TPSA) is 62.3 Å². The molecule has 0 aromatic heterocycles. The number of amidine groups is 1. The summed E-state index contributed by atoms with van der Waals surface area (Å²) in [5.41, 5.74) is 8.59. The van der Waals surface area contributed by atoms with Gasteiger partial charge in [-0.2, -0.15) is 0 Å². The number of fused-ring (bicyclic) bond motifs is 1. The molecule has 0 bridgehead atoms. The van der Waals surface area contributed by atoms with Crippen LogP contribution in [0.15, 0.2) is 48.5 Å². The van der Waals surface area contributed by atoms with Crippen molar-refractivity contribution in [3.8, 4) is 5.75 Å². The van der Waals surface area contributed by atoms with Crippen molar-refractivity contribution in [1.82, 2.24) is 0 Å². The van der Waals surface area contributed by atoms with Gasteiger partial charge in [0.2, 0.25) is 0 Å². The molecule has 0 spiro atoms. The number of nitrogens with zero attached hydrogens (tertiary/aromatic N) is 1. The molecule has 0 saturated carbocycles. The van der Waals surface area contributed by atoms with E-state index >= 15 is 0 Å². The molecule has 0 fully saturated rings. The molecule has 0 radical (unpaired) electrons. The molecule has 4 nitrogen and oxygen atoms in total. The summed E-state index contributed by atoms with van der Waals surface area (Å²) in [6.07, 6.45) is 0. The Morgan fingerprint density at radius 1 is 1.10 bits per heavy atom. The van der Waals surface area contributed by atoms with Crippen LogP contribution in [-0.2, 0) is 6.54 Å². The first-order valence-electron chi connectivity index (χ1n) is 6.65. The van der Waals surface area contributed by atoms with E-state index in [2.05, 4.69) is 11.0 Å². The average molecular weight is 267 g/mol. The molecule has 0 atom stereocenters. The number of hydrogen-bond acceptors (Lipinski definition) is 3. The fourth-order valence-electron chi connectivity index (χ4n) is 2.51. The molecular weight excluding hydrogens is 250 g/mol. The van der Waals surface area contributed by atoms with Gasteiger partial charge in [-0.3, -0.25) is 5.41 Å². The van der Waals surface area contributed by atoms with Crippen molar-refractivity contribution < 1.29 is 4.74 Å². The molecule has 0 saturated heterocycles. The number of ether oxygens (including phenoxy) is 1. The lowest BCUT2D eigenvalue weighted by Gasteiger charge is -2.24. The van der Waals surface area contributed by atoms with Crippen LogP contribution >= 0.6 is 0 Å². The van der Waals surface area contributed by atoms with Crippen LogP contribution in [0, 0.1) is 5.41 Å². The number of benzene rings is 2. The molecule has 0 unspecified atom stereocenters. The Kier molecular flexibility index (Phi) is 3.29. The summed E-state index contributed by atoms with van der Waals surface area (Å²) in [6, 6.07) is 15.8. The van der Waals surface area contributed by atoms with E-state index in [0.29, 0.717) is 6.61 Å². The van der Waals surface area contributed by atoms with Crippen LogP contribution in [0.25, 0.3) is 0 Å². The highest BCUT2D eigenvalue weighted by molar-refractivity contribution is 6.00. The van der Waals surface area contributed by atoms with Gasteiger partial charge in [0.05, 0.1) is 6.54 Å². The maximum atomic E-state index is 7.71. The Labute approximate surface area is 118 Å². The molecule has 3 rings (SSSR count). The molecule has 102 valence electrons. The fraction of sp³-hybridized carbons (Fsp3) is 0.188. The van der Waals surface area contributed by atoms with Crippen LogP contribution in [0.2, 0.25) is 0 Å². The van der Waals surface area contributed by atoms with Gasteiger partial charge >= 0.3 is 0 Å². The zero-order valence-corrected chi connectivity index (χ0v) is 11.2. The molecule has 0 amide bonds. The zero-order chi connectivity index (χ0) is 13.9. The van der Waals surface area contributed by atoms with Gasteiger partial charge in [0, 0.05) is 23.4 Å². The monoisotopic (exact) mass is 267 g/mol. The van der Waals surface area contributed by atoms with E-state index in [9.17, 15) is 0 Å². The molecule has 3 N–H and O–H groups in total. The highest BCUT2D eigenvalue weighted by Crippen LogP contribution is 2.27. The number of nitrogens with two attached hydrogens (primary N) is 1. The van der Waals surface area contributed by atoms with E-state index < -0.39 is 0 Å². The van der Waals surface area contributed by atoms with E-state index in [1.165, 1.54) is 0 Å². The summed E-state index contributed by atoms with van der Waals surface area (Å²) in [4.78, 5) is 2.21. The van der Waals surface area contributed by atoms with E-state index in [0.717, 1.165) is 35.7 Å². The summed E-state index contributed by atoms with van der Waals surface area (Å²) in [6.45, 7) is 2.17. The van der Waals surface area contributed by atoms with Crippen LogP contribution < -0.4 is 15.4 Å². The molecule has 1 heterocycles. The second kappa shape index (κ2) is 5.25. The molecule has 2 aromatic carbocycles. The van der Waals surface area contributed by atoms with Crippen molar-refractivity contribution in [2.24, 2.45) is 5.73 Å². The normalized spacial score (nSPS) is 14.1. The zero-order valence-electron chi connectivity index (χ0n) is 11.2. The van der Waals surface area contributed by atoms with Gasteiger partial charge in [0.15, 0.2) is 0 Å². The van der Waals surface area contributed by atoms with Crippen LogP contribution in [0.5, 0.6) is 5.75 Å². The Hall–Kier alpha value is -2.49. The highest BCUT2D eigenvalue weighted by Gasteiger charge is 2.18. The molecule has 1 aliphatic heterocycles. The Bertz CT molecular complexity index is 639. The van der Waals surface area contributed by atoms with Gasteiger partial charge in [-0.25, -0.2) is 0 Å². The lowest BCUT2D eigenvalue weighted by atomic mass is 10.1. The molecular formula is C16H17N3O. The minimum Gasteiger partial charge on any atom is -0.491 e. The highest BCUT2D eigenvalue weighted by atomic mass is 16.5. The summed E-state index contributed by atoms with van der Waals surface area (Å²) >= 11 is 0. The molecule has 2 aromatic rings. The van der Waals surface area contributed by atoms with Crippen LogP contribution in [0.1, 0.15) is 11.1 Å². The van der Waals surface area contributed by atoms with Gasteiger partial charge in [-0.1, -0.05) is 30.3 Å². The minimum absolute atomic E-state index is 0.0963. The number of nitrogens with one attached hydrogen (secondary N) is 1. The Morgan fingerprint density at radius 3 is 2.70 bits per heavy atom. The first-order chi connectivity index (χ1) is 9.75. The quantitative estimate of drug-likeness (QED) is 0.648. The van der Waals surface area contributed by atoms with Crippen molar-refractivity contribution in [2.75, 3.05) is 18.1 Å². The van der Waals surface area contributed by atoms with Gasteiger partial charge in [-0.15, -0.1) is 0 Å². The number of rotatable bonds is 2. The Balaban J connectivity index is 1.98. The second-order valence-electron chi connectivity index (χ2n) is 4.81. The SMILES string of the molecule is N=C(N)c1ccccc1N1CCOc2ccccc2C1. The third-order valence-electron chi connectivity index (χ3n) is 3.49. The summed E-state index contributed by atoms with van der Waals surface area (Å²) < 4.78 is 5.77. The van der Waals surface area contributed by atoms with Crippen LogP contribution in [0.3, 0.4) is 0 Å². The van der Waals surface area contributed by atoms with Crippen LogP contribution in [0.4, 0.5) is 5.69 Å². The number of hydrogen-bond donors (Lipinski definition) is 2. The lowest BCUT2D eigenvalue weighted by Crippen LogP contribution is -2.28. The third-order valence-corrected chi connectivity index (χ3v) is 3.49. The lowest BCUT2D eigenvalue weighted by molar-refractivity contribution is 0.331. The van der Waals surface area contributed by atoms with Gasteiger partial charge in [-0.05, 0) is 18.2 Å². The first-order valence-corrected chi connectivity index (χ1v) is 6.65. The van der Waals surface area contributed by atoms with Crippen molar-refractivity contribution in [1.29, 1.82) is 5.41 Å². The number of anilines is 1. The summed E-state index contributed by atoms with van der Waals surface area (Å²) in [5.74, 6) is 1.04.